The van der Waals surface area contributed by atoms with Gasteiger partial charge in [0.15, 0.2) is 0 Å². The van der Waals surface area contributed by atoms with Crippen LogP contribution in [0.3, 0.4) is 0 Å². The molecular weight excluding hydrogens is 261 g/mol. The van der Waals surface area contributed by atoms with Gasteiger partial charge in [-0.3, -0.25) is 9.69 Å². The molecule has 1 rings (SSSR count). The van der Waals surface area contributed by atoms with Gasteiger partial charge in [-0.2, -0.15) is 0 Å². The van der Waals surface area contributed by atoms with Gasteiger partial charge in [-0.15, -0.1) is 24.8 Å². The highest BCUT2D eigenvalue weighted by molar-refractivity contribution is 5.85. The first-order valence-electron chi connectivity index (χ1n) is 5.84. The van der Waals surface area contributed by atoms with Crippen LogP contribution < -0.4 is 11.1 Å². The van der Waals surface area contributed by atoms with E-state index in [9.17, 15) is 4.79 Å². The highest BCUT2D eigenvalue weighted by Crippen LogP contribution is 2.31. The van der Waals surface area contributed by atoms with Gasteiger partial charge in [0.05, 0.1) is 6.54 Å². The molecule has 0 radical (unpaired) electrons. The minimum absolute atomic E-state index is 0. The van der Waals surface area contributed by atoms with Crippen molar-refractivity contribution in [3.05, 3.63) is 0 Å². The first kappa shape index (κ1) is 19.3. The SMILES string of the molecule is CCCN(C)CC(=O)NCC(N)C1CC1.Cl.Cl. The van der Waals surface area contributed by atoms with Crippen LogP contribution in [0.25, 0.3) is 0 Å². The summed E-state index contributed by atoms with van der Waals surface area (Å²) in [6.07, 6.45) is 3.53. The second-order valence-corrected chi connectivity index (χ2v) is 4.54. The number of likely N-dealkylation sites (N-methyl/N-ethyl adjacent to an activating group) is 1. The molecule has 3 N–H and O–H groups in total. The molecule has 0 aromatic rings. The van der Waals surface area contributed by atoms with Crippen molar-refractivity contribution in [3.8, 4) is 0 Å². The van der Waals surface area contributed by atoms with Crippen molar-refractivity contribution >= 4 is 30.7 Å². The third-order valence-electron chi connectivity index (χ3n) is 2.78. The van der Waals surface area contributed by atoms with E-state index in [1.54, 1.807) is 0 Å². The number of carbonyl (C=O) groups excluding carboxylic acids is 1. The second kappa shape index (κ2) is 9.95. The predicted octanol–water partition coefficient (Wildman–Crippen LogP) is 1.03. The number of halogens is 2. The Kier molecular flexibility index (Phi) is 11.3. The van der Waals surface area contributed by atoms with Crippen molar-refractivity contribution in [2.24, 2.45) is 11.7 Å². The Balaban J connectivity index is 0. The molecule has 1 atom stereocenters. The molecule has 0 spiro atoms. The van der Waals surface area contributed by atoms with Gasteiger partial charge in [0.1, 0.15) is 0 Å². The fraction of sp³-hybridized carbons (Fsp3) is 0.909. The van der Waals surface area contributed by atoms with Crippen molar-refractivity contribution in [3.63, 3.8) is 0 Å². The maximum atomic E-state index is 11.5. The third-order valence-corrected chi connectivity index (χ3v) is 2.78. The van der Waals surface area contributed by atoms with Gasteiger partial charge in [-0.05, 0) is 38.8 Å². The van der Waals surface area contributed by atoms with Crippen LogP contribution in [0.2, 0.25) is 0 Å². The van der Waals surface area contributed by atoms with E-state index < -0.39 is 0 Å². The molecule has 4 nitrogen and oxygen atoms in total. The topological polar surface area (TPSA) is 58.4 Å². The molecular formula is C11H25Cl2N3O. The number of nitrogens with zero attached hydrogens (tertiary/aromatic N) is 1. The molecule has 0 saturated heterocycles. The van der Waals surface area contributed by atoms with E-state index in [2.05, 4.69) is 12.2 Å². The number of amides is 1. The summed E-state index contributed by atoms with van der Waals surface area (Å²) in [5.41, 5.74) is 5.89. The largest absolute Gasteiger partial charge is 0.353 e. The molecule has 6 heteroatoms. The molecule has 0 aromatic carbocycles. The number of carbonyl (C=O) groups is 1. The van der Waals surface area contributed by atoms with Gasteiger partial charge in [-0.1, -0.05) is 6.92 Å². The number of hydrogen-bond donors (Lipinski definition) is 2. The summed E-state index contributed by atoms with van der Waals surface area (Å²) in [4.78, 5) is 13.5. The first-order valence-corrected chi connectivity index (χ1v) is 5.84. The second-order valence-electron chi connectivity index (χ2n) is 4.54. The average molecular weight is 286 g/mol. The van der Waals surface area contributed by atoms with E-state index in [4.69, 9.17) is 5.73 Å². The monoisotopic (exact) mass is 285 g/mol. The molecule has 1 fully saturated rings. The van der Waals surface area contributed by atoms with E-state index >= 15 is 0 Å². The van der Waals surface area contributed by atoms with E-state index in [1.807, 2.05) is 11.9 Å². The zero-order chi connectivity index (χ0) is 11.3. The lowest BCUT2D eigenvalue weighted by Gasteiger charge is -2.16. The number of nitrogens with two attached hydrogens (primary N) is 1. The summed E-state index contributed by atoms with van der Waals surface area (Å²) in [6, 6.07) is 0.158. The highest BCUT2D eigenvalue weighted by Gasteiger charge is 2.28. The molecule has 0 bridgehead atoms. The standard InChI is InChI=1S/C11H23N3O.2ClH/c1-3-6-14(2)8-11(15)13-7-10(12)9-4-5-9;;/h9-10H,3-8,12H2,1-2H3,(H,13,15);2*1H. The average Bonchev–Trinajstić information content (AvgIpc) is 2.97. The lowest BCUT2D eigenvalue weighted by atomic mass is 10.2. The maximum Gasteiger partial charge on any atom is 0.234 e. The fourth-order valence-corrected chi connectivity index (χ4v) is 1.68. The van der Waals surface area contributed by atoms with Crippen LogP contribution in [-0.4, -0.2) is 43.5 Å². The third kappa shape index (κ3) is 8.66. The van der Waals surface area contributed by atoms with E-state index in [-0.39, 0.29) is 36.8 Å². The Hall–Kier alpha value is -0.0300. The van der Waals surface area contributed by atoms with Crippen molar-refractivity contribution in [1.82, 2.24) is 10.2 Å². The van der Waals surface area contributed by atoms with E-state index in [0.29, 0.717) is 19.0 Å². The van der Waals surface area contributed by atoms with E-state index in [0.717, 1.165) is 13.0 Å². The summed E-state index contributed by atoms with van der Waals surface area (Å²) in [6.45, 7) is 4.17. The van der Waals surface area contributed by atoms with Crippen LogP contribution >= 0.6 is 24.8 Å². The van der Waals surface area contributed by atoms with Crippen molar-refractivity contribution in [1.29, 1.82) is 0 Å². The van der Waals surface area contributed by atoms with Gasteiger partial charge >= 0.3 is 0 Å². The smallest absolute Gasteiger partial charge is 0.234 e. The summed E-state index contributed by atoms with van der Waals surface area (Å²) < 4.78 is 0. The Morgan fingerprint density at radius 3 is 2.53 bits per heavy atom. The summed E-state index contributed by atoms with van der Waals surface area (Å²) in [5.74, 6) is 0.737. The molecule has 1 amide bonds. The van der Waals surface area contributed by atoms with Gasteiger partial charge in [-0.25, -0.2) is 0 Å². The van der Waals surface area contributed by atoms with Crippen molar-refractivity contribution < 1.29 is 4.79 Å². The molecule has 0 aliphatic heterocycles. The van der Waals surface area contributed by atoms with Crippen LogP contribution in [0, 0.1) is 5.92 Å². The van der Waals surface area contributed by atoms with E-state index in [1.165, 1.54) is 12.8 Å². The molecule has 1 aliphatic carbocycles. The lowest BCUT2D eigenvalue weighted by molar-refractivity contribution is -0.122. The molecule has 0 heterocycles. The normalized spacial score (nSPS) is 15.8. The van der Waals surface area contributed by atoms with Crippen LogP contribution in [0.15, 0.2) is 0 Å². The quantitative estimate of drug-likeness (QED) is 0.735. The van der Waals surface area contributed by atoms with Gasteiger partial charge in [0, 0.05) is 12.6 Å². The molecule has 1 aliphatic rings. The maximum absolute atomic E-state index is 11.5. The number of nitrogens with one attached hydrogen (secondary N) is 1. The fourth-order valence-electron chi connectivity index (χ4n) is 1.68. The molecule has 17 heavy (non-hydrogen) atoms. The Labute approximate surface area is 117 Å². The Bertz CT molecular complexity index is 213. The minimum Gasteiger partial charge on any atom is -0.353 e. The first-order chi connectivity index (χ1) is 7.13. The minimum atomic E-state index is 0. The number of hydrogen-bond acceptors (Lipinski definition) is 3. The van der Waals surface area contributed by atoms with Crippen LogP contribution in [0.5, 0.6) is 0 Å². The van der Waals surface area contributed by atoms with Gasteiger partial charge in [0.2, 0.25) is 5.91 Å². The summed E-state index contributed by atoms with van der Waals surface area (Å²) in [7, 11) is 1.96. The molecule has 104 valence electrons. The van der Waals surface area contributed by atoms with Crippen LogP contribution in [-0.2, 0) is 4.79 Å². The zero-order valence-electron chi connectivity index (χ0n) is 10.6. The lowest BCUT2D eigenvalue weighted by Crippen LogP contribution is -2.42. The van der Waals surface area contributed by atoms with Gasteiger partial charge in [0.25, 0.3) is 0 Å². The highest BCUT2D eigenvalue weighted by atomic mass is 35.5. The summed E-state index contributed by atoms with van der Waals surface area (Å²) in [5, 5.41) is 2.89. The van der Waals surface area contributed by atoms with Gasteiger partial charge < -0.3 is 11.1 Å². The molecule has 0 aromatic heterocycles. The van der Waals surface area contributed by atoms with Crippen molar-refractivity contribution in [2.75, 3.05) is 26.7 Å². The Morgan fingerprint density at radius 1 is 1.47 bits per heavy atom. The van der Waals surface area contributed by atoms with Crippen LogP contribution in [0.1, 0.15) is 26.2 Å². The number of rotatable bonds is 7. The zero-order valence-corrected chi connectivity index (χ0v) is 12.3. The van der Waals surface area contributed by atoms with Crippen LogP contribution in [0.4, 0.5) is 0 Å². The molecule has 1 saturated carbocycles. The van der Waals surface area contributed by atoms with Crippen molar-refractivity contribution in [2.45, 2.75) is 32.2 Å². The predicted molar refractivity (Wildman–Crippen MR) is 76.0 cm³/mol. The molecule has 1 unspecified atom stereocenters. The summed E-state index contributed by atoms with van der Waals surface area (Å²) >= 11 is 0. The Morgan fingerprint density at radius 2 is 2.06 bits per heavy atom.